The SMILES string of the molecule is COc1ccc(OCC#N)c(B(O)O)c1. The first-order valence-corrected chi connectivity index (χ1v) is 4.23. The van der Waals surface area contributed by atoms with Gasteiger partial charge in [0.2, 0.25) is 0 Å². The minimum atomic E-state index is -1.66. The topological polar surface area (TPSA) is 82.7 Å². The summed E-state index contributed by atoms with van der Waals surface area (Å²) in [5.41, 5.74) is 0.171. The van der Waals surface area contributed by atoms with Crippen molar-refractivity contribution in [1.29, 1.82) is 5.26 Å². The molecule has 0 saturated carbocycles. The molecule has 0 radical (unpaired) electrons. The molecule has 1 aromatic rings. The number of ether oxygens (including phenoxy) is 2. The highest BCUT2D eigenvalue weighted by Crippen LogP contribution is 2.15. The monoisotopic (exact) mass is 207 g/mol. The summed E-state index contributed by atoms with van der Waals surface area (Å²) in [5, 5.41) is 26.5. The Hall–Kier alpha value is -1.71. The van der Waals surface area contributed by atoms with E-state index in [1.54, 1.807) is 12.1 Å². The normalized spacial score (nSPS) is 9.20. The van der Waals surface area contributed by atoms with Gasteiger partial charge in [0.15, 0.2) is 6.61 Å². The van der Waals surface area contributed by atoms with E-state index in [0.29, 0.717) is 5.75 Å². The lowest BCUT2D eigenvalue weighted by atomic mass is 9.79. The molecule has 0 amide bonds. The van der Waals surface area contributed by atoms with Crippen LogP contribution in [0.5, 0.6) is 11.5 Å². The van der Waals surface area contributed by atoms with Gasteiger partial charge in [-0.15, -0.1) is 0 Å². The van der Waals surface area contributed by atoms with Crippen molar-refractivity contribution in [3.8, 4) is 17.6 Å². The Bertz CT molecular complexity index is 375. The Morgan fingerprint density at radius 2 is 2.20 bits per heavy atom. The van der Waals surface area contributed by atoms with E-state index < -0.39 is 7.12 Å². The zero-order valence-corrected chi connectivity index (χ0v) is 8.17. The number of methoxy groups -OCH3 is 1. The minimum Gasteiger partial charge on any atom is -0.497 e. The molecular formula is C9H10BNO4. The summed E-state index contributed by atoms with van der Waals surface area (Å²) in [6.45, 7) is -0.147. The summed E-state index contributed by atoms with van der Waals surface area (Å²) in [4.78, 5) is 0. The zero-order chi connectivity index (χ0) is 11.3. The molecule has 2 N–H and O–H groups in total. The zero-order valence-electron chi connectivity index (χ0n) is 8.17. The van der Waals surface area contributed by atoms with Crippen molar-refractivity contribution in [3.05, 3.63) is 18.2 Å². The van der Waals surface area contributed by atoms with E-state index in [2.05, 4.69) is 0 Å². The predicted molar refractivity (Wildman–Crippen MR) is 53.9 cm³/mol. The highest BCUT2D eigenvalue weighted by Gasteiger charge is 2.18. The lowest BCUT2D eigenvalue weighted by molar-refractivity contribution is 0.364. The maximum absolute atomic E-state index is 9.06. The smallest absolute Gasteiger partial charge is 0.492 e. The average molecular weight is 207 g/mol. The van der Waals surface area contributed by atoms with Gasteiger partial charge in [-0.2, -0.15) is 5.26 Å². The standard InChI is InChI=1S/C9H10BNO4/c1-14-7-2-3-9(15-5-4-11)8(6-7)10(12)13/h2-3,6,12-13H,5H2,1H3. The molecule has 0 spiro atoms. The van der Waals surface area contributed by atoms with E-state index in [0.717, 1.165) is 0 Å². The van der Waals surface area contributed by atoms with Gasteiger partial charge >= 0.3 is 7.12 Å². The molecule has 5 nitrogen and oxygen atoms in total. The maximum Gasteiger partial charge on any atom is 0.492 e. The molecule has 0 aliphatic carbocycles. The van der Waals surface area contributed by atoms with Crippen LogP contribution >= 0.6 is 0 Å². The summed E-state index contributed by atoms with van der Waals surface area (Å²) in [6.07, 6.45) is 0. The van der Waals surface area contributed by atoms with Crippen LogP contribution in [0.3, 0.4) is 0 Å². The number of nitrogens with zero attached hydrogens (tertiary/aromatic N) is 1. The van der Waals surface area contributed by atoms with Gasteiger partial charge in [0, 0.05) is 5.46 Å². The Labute approximate surface area is 87.6 Å². The summed E-state index contributed by atoms with van der Waals surface area (Å²) in [6, 6.07) is 6.36. The fraction of sp³-hybridized carbons (Fsp3) is 0.222. The Kier molecular flexibility index (Phi) is 3.97. The molecule has 0 heterocycles. The molecule has 0 atom stereocenters. The van der Waals surface area contributed by atoms with Crippen LogP contribution in [0, 0.1) is 11.3 Å². The van der Waals surface area contributed by atoms with Gasteiger partial charge in [0.25, 0.3) is 0 Å². The van der Waals surface area contributed by atoms with Crippen LogP contribution in [0.15, 0.2) is 18.2 Å². The van der Waals surface area contributed by atoms with E-state index in [-0.39, 0.29) is 17.8 Å². The van der Waals surface area contributed by atoms with E-state index in [4.69, 9.17) is 24.8 Å². The third kappa shape index (κ3) is 2.87. The fourth-order valence-electron chi connectivity index (χ4n) is 1.10. The van der Waals surface area contributed by atoms with Gasteiger partial charge in [-0.25, -0.2) is 0 Å². The van der Waals surface area contributed by atoms with Crippen LogP contribution in [0.4, 0.5) is 0 Å². The van der Waals surface area contributed by atoms with E-state index in [9.17, 15) is 0 Å². The van der Waals surface area contributed by atoms with Gasteiger partial charge in [-0.3, -0.25) is 0 Å². The third-order valence-electron chi connectivity index (χ3n) is 1.79. The van der Waals surface area contributed by atoms with Crippen LogP contribution in [0.25, 0.3) is 0 Å². The number of hydrogen-bond acceptors (Lipinski definition) is 5. The van der Waals surface area contributed by atoms with Gasteiger partial charge in [-0.1, -0.05) is 0 Å². The molecule has 6 heteroatoms. The second kappa shape index (κ2) is 5.24. The summed E-state index contributed by atoms with van der Waals surface area (Å²) < 4.78 is 9.93. The minimum absolute atomic E-state index is 0.147. The average Bonchev–Trinajstić information content (AvgIpc) is 2.26. The Morgan fingerprint density at radius 1 is 1.47 bits per heavy atom. The molecule has 15 heavy (non-hydrogen) atoms. The predicted octanol–water partition coefficient (Wildman–Crippen LogP) is -0.723. The van der Waals surface area contributed by atoms with Gasteiger partial charge in [0.1, 0.15) is 17.6 Å². The quantitative estimate of drug-likeness (QED) is 0.636. The fourth-order valence-corrected chi connectivity index (χ4v) is 1.10. The molecule has 1 rings (SSSR count). The molecule has 78 valence electrons. The van der Waals surface area contributed by atoms with Crippen LogP contribution in [0.1, 0.15) is 0 Å². The van der Waals surface area contributed by atoms with Crippen LogP contribution in [-0.4, -0.2) is 30.9 Å². The van der Waals surface area contributed by atoms with Gasteiger partial charge < -0.3 is 19.5 Å². The molecule has 0 fully saturated rings. The molecule has 0 saturated heterocycles. The number of hydrogen-bond donors (Lipinski definition) is 2. The molecule has 0 aromatic heterocycles. The number of nitriles is 1. The van der Waals surface area contributed by atoms with Gasteiger partial charge in [-0.05, 0) is 18.2 Å². The van der Waals surface area contributed by atoms with Crippen molar-refractivity contribution in [1.82, 2.24) is 0 Å². The second-order valence-electron chi connectivity index (χ2n) is 2.72. The highest BCUT2D eigenvalue weighted by molar-refractivity contribution is 6.59. The molecule has 0 unspecified atom stereocenters. The van der Waals surface area contributed by atoms with Gasteiger partial charge in [0.05, 0.1) is 7.11 Å². The molecular weight excluding hydrogens is 197 g/mol. The van der Waals surface area contributed by atoms with Crippen molar-refractivity contribution in [2.75, 3.05) is 13.7 Å². The van der Waals surface area contributed by atoms with Crippen molar-refractivity contribution in [2.45, 2.75) is 0 Å². The van der Waals surface area contributed by atoms with E-state index >= 15 is 0 Å². The maximum atomic E-state index is 9.06. The molecule has 0 bridgehead atoms. The first kappa shape index (κ1) is 11.4. The summed E-state index contributed by atoms with van der Waals surface area (Å²) in [7, 11) is -0.188. The largest absolute Gasteiger partial charge is 0.497 e. The Morgan fingerprint density at radius 3 is 2.73 bits per heavy atom. The van der Waals surface area contributed by atoms with Crippen LogP contribution < -0.4 is 14.9 Å². The van der Waals surface area contributed by atoms with Crippen molar-refractivity contribution >= 4 is 12.6 Å². The lowest BCUT2D eigenvalue weighted by Gasteiger charge is -2.10. The Balaban J connectivity index is 2.99. The third-order valence-corrected chi connectivity index (χ3v) is 1.79. The van der Waals surface area contributed by atoms with Crippen molar-refractivity contribution in [2.24, 2.45) is 0 Å². The second-order valence-corrected chi connectivity index (χ2v) is 2.72. The van der Waals surface area contributed by atoms with E-state index in [1.807, 2.05) is 0 Å². The van der Waals surface area contributed by atoms with E-state index in [1.165, 1.54) is 19.2 Å². The van der Waals surface area contributed by atoms with Crippen LogP contribution in [-0.2, 0) is 0 Å². The number of benzene rings is 1. The summed E-state index contributed by atoms with van der Waals surface area (Å²) in [5.74, 6) is 0.745. The highest BCUT2D eigenvalue weighted by atomic mass is 16.5. The molecule has 0 aliphatic heterocycles. The summed E-state index contributed by atoms with van der Waals surface area (Å²) >= 11 is 0. The van der Waals surface area contributed by atoms with Crippen molar-refractivity contribution < 1.29 is 19.5 Å². The molecule has 1 aromatic carbocycles. The first-order valence-electron chi connectivity index (χ1n) is 4.23. The first-order chi connectivity index (χ1) is 7.19. The van der Waals surface area contributed by atoms with Crippen molar-refractivity contribution in [3.63, 3.8) is 0 Å². The molecule has 0 aliphatic rings. The lowest BCUT2D eigenvalue weighted by Crippen LogP contribution is -2.31. The van der Waals surface area contributed by atoms with Crippen LogP contribution in [0.2, 0.25) is 0 Å². The number of rotatable bonds is 4.